The molecule has 0 aliphatic carbocycles. The minimum absolute atomic E-state index is 0.0338. The maximum absolute atomic E-state index is 14.0. The number of fused-ring (bicyclic) bond motifs is 2. The summed E-state index contributed by atoms with van der Waals surface area (Å²) < 4.78 is 26.8. The van der Waals surface area contributed by atoms with Gasteiger partial charge in [-0.1, -0.05) is 58.9 Å². The van der Waals surface area contributed by atoms with Crippen LogP contribution >= 0.6 is 0 Å². The zero-order chi connectivity index (χ0) is 28.7. The summed E-state index contributed by atoms with van der Waals surface area (Å²) in [5, 5.41) is 7.52. The van der Waals surface area contributed by atoms with Crippen LogP contribution in [0.5, 0.6) is 0 Å². The summed E-state index contributed by atoms with van der Waals surface area (Å²) in [6.45, 7) is 9.63. The van der Waals surface area contributed by atoms with Crippen LogP contribution in [0.2, 0.25) is 0 Å². The molecule has 2 saturated heterocycles. The smallest absolute Gasteiger partial charge is 0.246 e. The molecule has 2 aromatic rings. The van der Waals surface area contributed by atoms with Gasteiger partial charge in [-0.25, -0.2) is 13.4 Å². The number of anilines is 1. The third kappa shape index (κ3) is 5.79. The summed E-state index contributed by atoms with van der Waals surface area (Å²) in [6, 6.07) is 7.37. The number of carbonyl (C=O) groups is 3. The average molecular weight is 558 g/mol. The van der Waals surface area contributed by atoms with Crippen molar-refractivity contribution in [3.63, 3.8) is 0 Å². The molecule has 1 aromatic carbocycles. The molecule has 0 bridgehead atoms. The van der Waals surface area contributed by atoms with E-state index < -0.39 is 45.4 Å². The molecule has 1 aromatic heterocycles. The third-order valence-electron chi connectivity index (χ3n) is 8.00. The Kier molecular flexibility index (Phi) is 8.05. The van der Waals surface area contributed by atoms with E-state index in [2.05, 4.69) is 15.6 Å². The van der Waals surface area contributed by atoms with E-state index in [4.69, 9.17) is 0 Å². The second kappa shape index (κ2) is 10.8. The highest BCUT2D eigenvalue weighted by molar-refractivity contribution is 7.88. The maximum Gasteiger partial charge on any atom is 0.246 e. The molecule has 0 radical (unpaired) electrons. The van der Waals surface area contributed by atoms with Gasteiger partial charge in [0.05, 0.1) is 18.2 Å². The van der Waals surface area contributed by atoms with Gasteiger partial charge in [0, 0.05) is 36.6 Å². The quantitative estimate of drug-likeness (QED) is 0.539. The zero-order valence-electron chi connectivity index (χ0n) is 23.5. The highest BCUT2D eigenvalue weighted by Gasteiger charge is 2.56. The molecule has 212 valence electrons. The third-order valence-corrected chi connectivity index (χ3v) is 9.27. The Hall–Kier alpha value is -3.05. The zero-order valence-corrected chi connectivity index (χ0v) is 24.3. The molecule has 2 fully saturated rings. The van der Waals surface area contributed by atoms with Gasteiger partial charge >= 0.3 is 0 Å². The van der Waals surface area contributed by atoms with Crippen LogP contribution in [0.1, 0.15) is 47.5 Å². The lowest BCUT2D eigenvalue weighted by Crippen LogP contribution is -2.58. The van der Waals surface area contributed by atoms with E-state index in [-0.39, 0.29) is 24.3 Å². The summed E-state index contributed by atoms with van der Waals surface area (Å²) in [7, 11) is -3.63. The first-order valence-corrected chi connectivity index (χ1v) is 15.3. The maximum atomic E-state index is 14.0. The summed E-state index contributed by atoms with van der Waals surface area (Å²) in [4.78, 5) is 46.5. The fourth-order valence-corrected chi connectivity index (χ4v) is 6.78. The minimum Gasteiger partial charge on any atom is -0.344 e. The van der Waals surface area contributed by atoms with E-state index in [1.165, 1.54) is 4.31 Å². The van der Waals surface area contributed by atoms with Crippen LogP contribution < -0.4 is 10.6 Å². The molecule has 0 unspecified atom stereocenters. The molecular weight excluding hydrogens is 518 g/mol. The van der Waals surface area contributed by atoms with Crippen LogP contribution in [0.4, 0.5) is 5.82 Å². The van der Waals surface area contributed by atoms with Crippen molar-refractivity contribution in [2.45, 2.75) is 65.6 Å². The summed E-state index contributed by atoms with van der Waals surface area (Å²) >= 11 is 0. The number of carbonyl (C=O) groups excluding carboxylic acids is 3. The van der Waals surface area contributed by atoms with E-state index >= 15 is 0 Å². The number of hydrogen-bond donors (Lipinski definition) is 2. The molecule has 11 heteroatoms. The highest BCUT2D eigenvalue weighted by atomic mass is 32.2. The van der Waals surface area contributed by atoms with Crippen LogP contribution in [0, 0.1) is 17.3 Å². The number of amides is 3. The molecule has 39 heavy (non-hydrogen) atoms. The van der Waals surface area contributed by atoms with Crippen LogP contribution in [-0.4, -0.2) is 77.8 Å². The molecule has 0 spiro atoms. The lowest BCUT2D eigenvalue weighted by atomic mass is 9.84. The molecule has 0 saturated carbocycles. The Labute approximate surface area is 230 Å². The summed E-state index contributed by atoms with van der Waals surface area (Å²) in [6.07, 6.45) is 3.79. The summed E-state index contributed by atoms with van der Waals surface area (Å²) in [5.74, 6) is -1.58. The molecule has 3 amide bonds. The Morgan fingerprint density at radius 3 is 2.49 bits per heavy atom. The number of likely N-dealkylation sites (tertiary alicyclic amines) is 1. The van der Waals surface area contributed by atoms with Gasteiger partial charge in [0.1, 0.15) is 11.9 Å². The van der Waals surface area contributed by atoms with Gasteiger partial charge in [0.25, 0.3) is 0 Å². The predicted octanol–water partition coefficient (Wildman–Crippen LogP) is 2.61. The van der Waals surface area contributed by atoms with E-state index in [9.17, 15) is 22.8 Å². The molecule has 2 N–H and O–H groups in total. The Morgan fingerprint density at radius 1 is 1.15 bits per heavy atom. The Morgan fingerprint density at radius 2 is 1.85 bits per heavy atom. The van der Waals surface area contributed by atoms with Crippen LogP contribution in [0.15, 0.2) is 36.5 Å². The van der Waals surface area contributed by atoms with Gasteiger partial charge in [-0.05, 0) is 29.7 Å². The largest absolute Gasteiger partial charge is 0.344 e. The van der Waals surface area contributed by atoms with Gasteiger partial charge in [-0.15, -0.1) is 0 Å². The van der Waals surface area contributed by atoms with Crippen molar-refractivity contribution in [3.05, 3.63) is 36.5 Å². The van der Waals surface area contributed by atoms with Crippen molar-refractivity contribution < 1.29 is 22.8 Å². The lowest BCUT2D eigenvalue weighted by molar-refractivity contribution is -0.142. The number of pyridine rings is 1. The number of aromatic nitrogens is 1. The van der Waals surface area contributed by atoms with Crippen LogP contribution in [0.3, 0.4) is 0 Å². The Bertz CT molecular complexity index is 1370. The standard InChI is InChI=1S/C28H39N5O5S/c1-7-17(2)25(34)30-23(28(3,4)5)27(36)32-15-13-21-22(32)20(16-33(21)39(6,37)38)26(35)31-24-19-11-9-8-10-18(19)12-14-29-24/h8-12,14,17,20-23H,7,13,15-16H2,1-6H3,(H,30,34)(H,29,31,35)/t17-,20+,21-,22-,23-/m1/s1. The second-order valence-corrected chi connectivity index (χ2v) is 13.7. The molecule has 5 atom stereocenters. The van der Waals surface area contributed by atoms with Crippen molar-refractivity contribution in [3.8, 4) is 0 Å². The van der Waals surface area contributed by atoms with Crippen molar-refractivity contribution in [1.29, 1.82) is 0 Å². The van der Waals surface area contributed by atoms with Crippen LogP contribution in [-0.2, 0) is 24.4 Å². The van der Waals surface area contributed by atoms with Gasteiger partial charge < -0.3 is 15.5 Å². The molecule has 10 nitrogen and oxygen atoms in total. The van der Waals surface area contributed by atoms with Gasteiger partial charge in [0.15, 0.2) is 0 Å². The highest BCUT2D eigenvalue weighted by Crippen LogP contribution is 2.39. The molecule has 4 rings (SSSR count). The monoisotopic (exact) mass is 557 g/mol. The van der Waals surface area contributed by atoms with E-state index in [0.717, 1.165) is 17.0 Å². The van der Waals surface area contributed by atoms with E-state index in [0.29, 0.717) is 25.2 Å². The van der Waals surface area contributed by atoms with Gasteiger partial charge in [-0.3, -0.25) is 14.4 Å². The van der Waals surface area contributed by atoms with Crippen molar-refractivity contribution >= 4 is 44.3 Å². The first-order valence-electron chi connectivity index (χ1n) is 13.5. The molecule has 2 aliphatic heterocycles. The van der Waals surface area contributed by atoms with Gasteiger partial charge in [-0.2, -0.15) is 4.31 Å². The normalized spacial score (nSPS) is 23.3. The number of rotatable bonds is 7. The van der Waals surface area contributed by atoms with E-state index in [1.807, 2.05) is 65.0 Å². The SMILES string of the molecule is CC[C@@H](C)C(=O)N[C@H](C(=O)N1CC[C@@H]2[C@H]1[C@@H](C(=O)Nc1nccc3ccccc13)CN2S(C)(=O)=O)C(C)(C)C. The van der Waals surface area contributed by atoms with Crippen molar-refractivity contribution in [1.82, 2.24) is 19.5 Å². The summed E-state index contributed by atoms with van der Waals surface area (Å²) in [5.41, 5.74) is -0.599. The molecule has 2 aliphatic rings. The fraction of sp³-hybridized carbons (Fsp3) is 0.571. The second-order valence-electron chi connectivity index (χ2n) is 11.8. The number of benzene rings is 1. The average Bonchev–Trinajstić information content (AvgIpc) is 3.46. The number of sulfonamides is 1. The number of hydrogen-bond acceptors (Lipinski definition) is 6. The number of nitrogens with zero attached hydrogens (tertiary/aromatic N) is 3. The van der Waals surface area contributed by atoms with Crippen molar-refractivity contribution in [2.75, 3.05) is 24.7 Å². The van der Waals surface area contributed by atoms with Crippen molar-refractivity contribution in [2.24, 2.45) is 17.3 Å². The first-order chi connectivity index (χ1) is 18.2. The van der Waals surface area contributed by atoms with Gasteiger partial charge in [0.2, 0.25) is 27.7 Å². The molecule has 3 heterocycles. The van der Waals surface area contributed by atoms with E-state index in [1.54, 1.807) is 11.1 Å². The topological polar surface area (TPSA) is 129 Å². The fourth-order valence-electron chi connectivity index (χ4n) is 5.63. The predicted molar refractivity (Wildman–Crippen MR) is 150 cm³/mol. The first kappa shape index (κ1) is 28.9. The minimum atomic E-state index is -3.63. The lowest BCUT2D eigenvalue weighted by Gasteiger charge is -2.37. The van der Waals surface area contributed by atoms with Crippen LogP contribution in [0.25, 0.3) is 10.8 Å². The number of nitrogens with one attached hydrogen (secondary N) is 2. The Balaban J connectivity index is 1.66. The molecular formula is C28H39N5O5S.